The summed E-state index contributed by atoms with van der Waals surface area (Å²) in [6.07, 6.45) is 1.08. The van der Waals surface area contributed by atoms with Crippen LogP contribution in [0, 0.1) is 5.82 Å². The molecular formula is C18H23FN2. The van der Waals surface area contributed by atoms with Gasteiger partial charge in [0.2, 0.25) is 0 Å². The molecule has 0 heterocycles. The lowest BCUT2D eigenvalue weighted by Gasteiger charge is -2.20. The average Bonchev–Trinajstić information content (AvgIpc) is 2.49. The van der Waals surface area contributed by atoms with Crippen molar-refractivity contribution in [3.05, 3.63) is 71.5 Å². The Morgan fingerprint density at radius 1 is 0.952 bits per heavy atom. The van der Waals surface area contributed by atoms with Crippen LogP contribution in [0.4, 0.5) is 4.39 Å². The molecule has 0 radical (unpaired) electrons. The first kappa shape index (κ1) is 15.7. The van der Waals surface area contributed by atoms with Crippen molar-refractivity contribution in [2.45, 2.75) is 12.5 Å². The zero-order chi connectivity index (χ0) is 15.1. The highest BCUT2D eigenvalue weighted by atomic mass is 19.1. The Labute approximate surface area is 126 Å². The number of benzene rings is 2. The minimum Gasteiger partial charge on any atom is -0.309 e. The number of nitrogens with one attached hydrogen (secondary N) is 1. The maximum Gasteiger partial charge on any atom is 0.123 e. The molecule has 0 aliphatic rings. The lowest BCUT2D eigenvalue weighted by molar-refractivity contribution is 0.391. The Morgan fingerprint density at radius 3 is 2.19 bits per heavy atom. The second-order valence-electron chi connectivity index (χ2n) is 5.51. The predicted octanol–water partition coefficient (Wildman–Crippen LogP) is 3.46. The van der Waals surface area contributed by atoms with Gasteiger partial charge in [0.25, 0.3) is 0 Å². The third-order valence-corrected chi connectivity index (χ3v) is 3.47. The third kappa shape index (κ3) is 4.96. The highest BCUT2D eigenvalue weighted by Gasteiger charge is 2.13. The molecule has 0 amide bonds. The van der Waals surface area contributed by atoms with Gasteiger partial charge in [0.1, 0.15) is 5.82 Å². The van der Waals surface area contributed by atoms with E-state index >= 15 is 0 Å². The predicted molar refractivity (Wildman–Crippen MR) is 85.9 cm³/mol. The Balaban J connectivity index is 2.09. The standard InChI is InChI=1S/C18H23FN2/c1-21(2)14-6-13-20-18(15-7-4-3-5-8-15)16-9-11-17(19)12-10-16/h3-5,7-12,18,20H,6,13-14H2,1-2H3. The van der Waals surface area contributed by atoms with Gasteiger partial charge in [-0.3, -0.25) is 0 Å². The van der Waals surface area contributed by atoms with Crippen molar-refractivity contribution in [3.63, 3.8) is 0 Å². The van der Waals surface area contributed by atoms with E-state index < -0.39 is 0 Å². The van der Waals surface area contributed by atoms with Gasteiger partial charge in [-0.1, -0.05) is 42.5 Å². The van der Waals surface area contributed by atoms with Gasteiger partial charge >= 0.3 is 0 Å². The molecule has 0 aliphatic carbocycles. The van der Waals surface area contributed by atoms with E-state index in [2.05, 4.69) is 36.4 Å². The van der Waals surface area contributed by atoms with Gasteiger partial charge in [0.15, 0.2) is 0 Å². The van der Waals surface area contributed by atoms with Gasteiger partial charge < -0.3 is 10.2 Å². The van der Waals surface area contributed by atoms with E-state index in [4.69, 9.17) is 0 Å². The molecule has 2 nitrogen and oxygen atoms in total. The molecule has 0 spiro atoms. The number of rotatable bonds is 7. The molecule has 0 fully saturated rings. The van der Waals surface area contributed by atoms with Gasteiger partial charge in [-0.2, -0.15) is 0 Å². The summed E-state index contributed by atoms with van der Waals surface area (Å²) in [5.74, 6) is -0.196. The third-order valence-electron chi connectivity index (χ3n) is 3.47. The van der Waals surface area contributed by atoms with Crippen molar-refractivity contribution in [2.75, 3.05) is 27.2 Å². The Kier molecular flexibility index (Phi) is 5.90. The Morgan fingerprint density at radius 2 is 1.57 bits per heavy atom. The van der Waals surface area contributed by atoms with Crippen LogP contribution < -0.4 is 5.32 Å². The zero-order valence-corrected chi connectivity index (χ0v) is 12.7. The zero-order valence-electron chi connectivity index (χ0n) is 12.7. The SMILES string of the molecule is CN(C)CCCNC(c1ccccc1)c1ccc(F)cc1. The van der Waals surface area contributed by atoms with Gasteiger partial charge in [-0.25, -0.2) is 4.39 Å². The van der Waals surface area contributed by atoms with Crippen LogP contribution in [0.2, 0.25) is 0 Å². The molecule has 1 N–H and O–H groups in total. The van der Waals surface area contributed by atoms with Crippen LogP contribution in [0.1, 0.15) is 23.6 Å². The van der Waals surface area contributed by atoms with Crippen molar-refractivity contribution in [2.24, 2.45) is 0 Å². The van der Waals surface area contributed by atoms with Crippen LogP contribution in [0.25, 0.3) is 0 Å². The molecule has 2 aromatic rings. The number of halogens is 1. The summed E-state index contributed by atoms with van der Waals surface area (Å²) in [7, 11) is 4.16. The monoisotopic (exact) mass is 286 g/mol. The summed E-state index contributed by atoms with van der Waals surface area (Å²) in [6, 6.07) is 17.1. The fourth-order valence-electron chi connectivity index (χ4n) is 2.37. The number of hydrogen-bond donors (Lipinski definition) is 1. The lowest BCUT2D eigenvalue weighted by Crippen LogP contribution is -2.26. The molecule has 1 atom stereocenters. The van der Waals surface area contributed by atoms with E-state index in [1.165, 1.54) is 17.7 Å². The van der Waals surface area contributed by atoms with E-state index in [0.717, 1.165) is 25.1 Å². The van der Waals surface area contributed by atoms with Crippen molar-refractivity contribution >= 4 is 0 Å². The molecular weight excluding hydrogens is 263 g/mol. The smallest absolute Gasteiger partial charge is 0.123 e. The second kappa shape index (κ2) is 7.91. The normalized spacial score (nSPS) is 12.6. The Hall–Kier alpha value is -1.71. The molecule has 0 saturated heterocycles. The highest BCUT2D eigenvalue weighted by molar-refractivity contribution is 5.31. The maximum absolute atomic E-state index is 13.1. The minimum absolute atomic E-state index is 0.106. The van der Waals surface area contributed by atoms with Gasteiger partial charge in [0, 0.05) is 0 Å². The van der Waals surface area contributed by atoms with Crippen molar-refractivity contribution in [3.8, 4) is 0 Å². The van der Waals surface area contributed by atoms with E-state index in [9.17, 15) is 4.39 Å². The molecule has 1 unspecified atom stereocenters. The molecule has 21 heavy (non-hydrogen) atoms. The summed E-state index contributed by atoms with van der Waals surface area (Å²) in [5, 5.41) is 3.58. The van der Waals surface area contributed by atoms with E-state index in [1.54, 1.807) is 0 Å². The fourth-order valence-corrected chi connectivity index (χ4v) is 2.37. The van der Waals surface area contributed by atoms with Crippen LogP contribution in [-0.2, 0) is 0 Å². The van der Waals surface area contributed by atoms with Gasteiger partial charge in [-0.05, 0) is 56.9 Å². The summed E-state index contributed by atoms with van der Waals surface area (Å²) < 4.78 is 13.1. The first-order valence-electron chi connectivity index (χ1n) is 7.35. The van der Waals surface area contributed by atoms with Crippen molar-refractivity contribution in [1.29, 1.82) is 0 Å². The van der Waals surface area contributed by atoms with Gasteiger partial charge in [-0.15, -0.1) is 0 Å². The number of nitrogens with zero attached hydrogens (tertiary/aromatic N) is 1. The van der Waals surface area contributed by atoms with Crippen LogP contribution in [-0.4, -0.2) is 32.1 Å². The summed E-state index contributed by atoms with van der Waals surface area (Å²) in [4.78, 5) is 2.18. The van der Waals surface area contributed by atoms with E-state index in [1.807, 2.05) is 30.3 Å². The molecule has 0 aliphatic heterocycles. The molecule has 2 rings (SSSR count). The molecule has 0 bridgehead atoms. The molecule has 112 valence electrons. The van der Waals surface area contributed by atoms with Crippen LogP contribution >= 0.6 is 0 Å². The molecule has 0 aromatic heterocycles. The summed E-state index contributed by atoms with van der Waals surface area (Å²) in [6.45, 7) is 1.98. The maximum atomic E-state index is 13.1. The molecule has 3 heteroatoms. The van der Waals surface area contributed by atoms with Crippen molar-refractivity contribution in [1.82, 2.24) is 10.2 Å². The molecule has 0 saturated carbocycles. The Bertz CT molecular complexity index is 523. The van der Waals surface area contributed by atoms with Gasteiger partial charge in [0.05, 0.1) is 6.04 Å². The van der Waals surface area contributed by atoms with Crippen LogP contribution in [0.5, 0.6) is 0 Å². The second-order valence-corrected chi connectivity index (χ2v) is 5.51. The highest BCUT2D eigenvalue weighted by Crippen LogP contribution is 2.22. The van der Waals surface area contributed by atoms with E-state index in [-0.39, 0.29) is 11.9 Å². The van der Waals surface area contributed by atoms with Crippen LogP contribution in [0.3, 0.4) is 0 Å². The first-order valence-corrected chi connectivity index (χ1v) is 7.35. The first-order chi connectivity index (χ1) is 10.2. The fraction of sp³-hybridized carbons (Fsp3) is 0.333. The van der Waals surface area contributed by atoms with Crippen LogP contribution in [0.15, 0.2) is 54.6 Å². The van der Waals surface area contributed by atoms with Crippen molar-refractivity contribution < 1.29 is 4.39 Å². The lowest BCUT2D eigenvalue weighted by atomic mass is 9.98. The minimum atomic E-state index is -0.196. The largest absolute Gasteiger partial charge is 0.309 e. The average molecular weight is 286 g/mol. The topological polar surface area (TPSA) is 15.3 Å². The number of hydrogen-bond acceptors (Lipinski definition) is 2. The summed E-state index contributed by atoms with van der Waals surface area (Å²) >= 11 is 0. The summed E-state index contributed by atoms with van der Waals surface area (Å²) in [5.41, 5.74) is 2.29. The van der Waals surface area contributed by atoms with E-state index in [0.29, 0.717) is 0 Å². The quantitative estimate of drug-likeness (QED) is 0.784. The molecule has 2 aromatic carbocycles.